The zero-order valence-corrected chi connectivity index (χ0v) is 12.5. The van der Waals surface area contributed by atoms with E-state index in [-0.39, 0.29) is 0 Å². The normalized spacial score (nSPS) is 10.3. The lowest BCUT2D eigenvalue weighted by atomic mass is 10.2. The minimum atomic E-state index is 0.481. The van der Waals surface area contributed by atoms with Crippen molar-refractivity contribution in [2.24, 2.45) is 0 Å². The first-order valence-corrected chi connectivity index (χ1v) is 6.73. The van der Waals surface area contributed by atoms with E-state index in [9.17, 15) is 0 Å². The average molecular weight is 357 g/mol. The third-order valence-corrected chi connectivity index (χ3v) is 3.66. The summed E-state index contributed by atoms with van der Waals surface area (Å²) in [7, 11) is 0. The van der Waals surface area contributed by atoms with Gasteiger partial charge in [0, 0.05) is 15.1 Å². The van der Waals surface area contributed by atoms with E-state index in [0.29, 0.717) is 6.61 Å². The molecule has 0 N–H and O–H groups in total. The fourth-order valence-electron chi connectivity index (χ4n) is 1.36. The first kappa shape index (κ1) is 12.6. The summed E-state index contributed by atoms with van der Waals surface area (Å²) in [6.45, 7) is 2.52. The van der Waals surface area contributed by atoms with Crippen LogP contribution in [0.4, 0.5) is 0 Å². The fraction of sp³-hybridized carbons (Fsp3) is 0.154. The second kappa shape index (κ2) is 5.65. The molecule has 0 amide bonds. The first-order valence-electron chi connectivity index (χ1n) is 5.14. The van der Waals surface area contributed by atoms with Gasteiger partial charge in [-0.15, -0.1) is 0 Å². The van der Waals surface area contributed by atoms with Crippen molar-refractivity contribution in [2.45, 2.75) is 13.5 Å². The Morgan fingerprint density at radius 2 is 2.00 bits per heavy atom. The highest BCUT2D eigenvalue weighted by atomic mass is 79.9. The maximum Gasteiger partial charge on any atom is 0.130 e. The molecular formula is C13H11Br2NO. The zero-order valence-electron chi connectivity index (χ0n) is 9.28. The van der Waals surface area contributed by atoms with Crippen LogP contribution in [-0.4, -0.2) is 4.98 Å². The van der Waals surface area contributed by atoms with Crippen LogP contribution in [0.2, 0.25) is 0 Å². The average Bonchev–Trinajstić information content (AvgIpc) is 2.33. The van der Waals surface area contributed by atoms with Crippen molar-refractivity contribution in [3.63, 3.8) is 0 Å². The van der Waals surface area contributed by atoms with Gasteiger partial charge in [-0.2, -0.15) is 0 Å². The third-order valence-electron chi connectivity index (χ3n) is 2.30. The Kier molecular flexibility index (Phi) is 4.18. The van der Waals surface area contributed by atoms with Gasteiger partial charge in [0.2, 0.25) is 0 Å². The Bertz CT molecular complexity index is 511. The smallest absolute Gasteiger partial charge is 0.130 e. The molecule has 0 fully saturated rings. The van der Waals surface area contributed by atoms with Gasteiger partial charge in [0.05, 0.1) is 5.69 Å². The van der Waals surface area contributed by atoms with E-state index < -0.39 is 0 Å². The van der Waals surface area contributed by atoms with E-state index in [2.05, 4.69) is 36.8 Å². The van der Waals surface area contributed by atoms with Crippen molar-refractivity contribution in [1.29, 1.82) is 0 Å². The molecule has 1 aromatic carbocycles. The molecule has 4 heteroatoms. The number of aryl methyl sites for hydroxylation is 1. The predicted octanol–water partition coefficient (Wildman–Crippen LogP) is 4.49. The molecule has 2 nitrogen and oxygen atoms in total. The van der Waals surface area contributed by atoms with E-state index in [1.807, 2.05) is 37.3 Å². The molecular weight excluding hydrogens is 346 g/mol. The van der Waals surface area contributed by atoms with Crippen molar-refractivity contribution >= 4 is 31.9 Å². The highest BCUT2D eigenvalue weighted by Gasteiger charge is 2.00. The van der Waals surface area contributed by atoms with Crippen molar-refractivity contribution < 1.29 is 4.74 Å². The standard InChI is InChI=1S/C13H11Br2NO/c1-9-6-12(4-5-13(9)15)17-8-11-3-2-10(14)7-16-11/h2-7H,8H2,1H3. The fourth-order valence-corrected chi connectivity index (χ4v) is 1.84. The number of benzene rings is 1. The van der Waals surface area contributed by atoms with Crippen LogP contribution in [0.1, 0.15) is 11.3 Å². The summed E-state index contributed by atoms with van der Waals surface area (Å²) in [5, 5.41) is 0. The number of ether oxygens (including phenoxy) is 1. The zero-order chi connectivity index (χ0) is 12.3. The van der Waals surface area contributed by atoms with Crippen LogP contribution in [0.15, 0.2) is 45.5 Å². The number of aromatic nitrogens is 1. The monoisotopic (exact) mass is 355 g/mol. The highest BCUT2D eigenvalue weighted by Crippen LogP contribution is 2.22. The van der Waals surface area contributed by atoms with E-state index in [0.717, 1.165) is 26.0 Å². The van der Waals surface area contributed by atoms with Crippen molar-refractivity contribution in [2.75, 3.05) is 0 Å². The summed E-state index contributed by atoms with van der Waals surface area (Å²) in [6, 6.07) is 9.83. The Morgan fingerprint density at radius 3 is 2.65 bits per heavy atom. The van der Waals surface area contributed by atoms with Gasteiger partial charge >= 0.3 is 0 Å². The molecule has 1 aromatic heterocycles. The molecule has 0 atom stereocenters. The molecule has 0 saturated heterocycles. The molecule has 0 bridgehead atoms. The van der Waals surface area contributed by atoms with Crippen LogP contribution in [-0.2, 0) is 6.61 Å². The van der Waals surface area contributed by atoms with Crippen molar-refractivity contribution in [3.8, 4) is 5.75 Å². The summed E-state index contributed by atoms with van der Waals surface area (Å²) >= 11 is 6.81. The number of nitrogens with zero attached hydrogens (tertiary/aromatic N) is 1. The number of hydrogen-bond donors (Lipinski definition) is 0. The summed E-state index contributed by atoms with van der Waals surface area (Å²) in [4.78, 5) is 4.25. The van der Waals surface area contributed by atoms with Gasteiger partial charge in [0.25, 0.3) is 0 Å². The van der Waals surface area contributed by atoms with Gasteiger partial charge in [0.15, 0.2) is 0 Å². The number of halogens is 2. The van der Waals surface area contributed by atoms with E-state index in [1.165, 1.54) is 0 Å². The van der Waals surface area contributed by atoms with Crippen molar-refractivity contribution in [1.82, 2.24) is 4.98 Å². The van der Waals surface area contributed by atoms with Crippen LogP contribution in [0, 0.1) is 6.92 Å². The van der Waals surface area contributed by atoms with Gasteiger partial charge in [-0.1, -0.05) is 15.9 Å². The van der Waals surface area contributed by atoms with E-state index >= 15 is 0 Å². The lowest BCUT2D eigenvalue weighted by molar-refractivity contribution is 0.301. The SMILES string of the molecule is Cc1cc(OCc2ccc(Br)cn2)ccc1Br. The topological polar surface area (TPSA) is 22.1 Å². The Labute approximate surface area is 117 Å². The van der Waals surface area contributed by atoms with Gasteiger partial charge in [0.1, 0.15) is 12.4 Å². The number of rotatable bonds is 3. The first-order chi connectivity index (χ1) is 8.15. The van der Waals surface area contributed by atoms with E-state index in [4.69, 9.17) is 4.74 Å². The van der Waals surface area contributed by atoms with Gasteiger partial charge in [-0.05, 0) is 58.7 Å². The predicted molar refractivity (Wildman–Crippen MR) is 75.1 cm³/mol. The Hall–Kier alpha value is -0.870. The number of pyridine rings is 1. The van der Waals surface area contributed by atoms with Crippen LogP contribution in [0.5, 0.6) is 5.75 Å². The Balaban J connectivity index is 2.02. The molecule has 2 aromatic rings. The molecule has 17 heavy (non-hydrogen) atoms. The molecule has 0 spiro atoms. The van der Waals surface area contributed by atoms with E-state index in [1.54, 1.807) is 6.20 Å². The van der Waals surface area contributed by atoms with Crippen LogP contribution < -0.4 is 4.74 Å². The molecule has 0 unspecified atom stereocenters. The third kappa shape index (κ3) is 3.54. The lowest BCUT2D eigenvalue weighted by Crippen LogP contribution is -1.97. The largest absolute Gasteiger partial charge is 0.487 e. The molecule has 0 aliphatic rings. The summed E-state index contributed by atoms with van der Waals surface area (Å²) in [5.41, 5.74) is 2.07. The maximum atomic E-state index is 5.67. The van der Waals surface area contributed by atoms with Gasteiger partial charge in [-0.25, -0.2) is 0 Å². The van der Waals surface area contributed by atoms with Crippen molar-refractivity contribution in [3.05, 3.63) is 56.7 Å². The molecule has 88 valence electrons. The van der Waals surface area contributed by atoms with Crippen LogP contribution in [0.3, 0.4) is 0 Å². The highest BCUT2D eigenvalue weighted by molar-refractivity contribution is 9.10. The quantitative estimate of drug-likeness (QED) is 0.808. The Morgan fingerprint density at radius 1 is 1.18 bits per heavy atom. The molecule has 1 heterocycles. The summed E-state index contributed by atoms with van der Waals surface area (Å²) < 4.78 is 7.73. The summed E-state index contributed by atoms with van der Waals surface area (Å²) in [5.74, 6) is 0.857. The summed E-state index contributed by atoms with van der Waals surface area (Å²) in [6.07, 6.45) is 1.77. The van der Waals surface area contributed by atoms with Gasteiger partial charge in [-0.3, -0.25) is 4.98 Å². The minimum absolute atomic E-state index is 0.481. The number of hydrogen-bond acceptors (Lipinski definition) is 2. The van der Waals surface area contributed by atoms with Crippen LogP contribution in [0.25, 0.3) is 0 Å². The molecule has 2 rings (SSSR count). The molecule has 0 radical (unpaired) electrons. The maximum absolute atomic E-state index is 5.67. The second-order valence-corrected chi connectivity index (χ2v) is 5.44. The second-order valence-electron chi connectivity index (χ2n) is 3.67. The minimum Gasteiger partial charge on any atom is -0.487 e. The van der Waals surface area contributed by atoms with Gasteiger partial charge < -0.3 is 4.74 Å². The molecule has 0 aliphatic heterocycles. The lowest BCUT2D eigenvalue weighted by Gasteiger charge is -2.07. The molecule has 0 aliphatic carbocycles. The van der Waals surface area contributed by atoms with Crippen LogP contribution >= 0.6 is 31.9 Å². The molecule has 0 saturated carbocycles.